The third kappa shape index (κ3) is 5.99. The molecule has 1 aromatic heterocycles. The van der Waals surface area contributed by atoms with E-state index in [1.54, 1.807) is 0 Å². The molecule has 69 heavy (non-hydrogen) atoms. The van der Waals surface area contributed by atoms with Crippen LogP contribution in [-0.2, 0) is 10.8 Å². The average molecular weight is 892 g/mol. The molecule has 14 rings (SSSR count). The molecular weight excluding hydrogens is 844 g/mol. The molecule has 0 atom stereocenters. The quantitative estimate of drug-likeness (QED) is 0.166. The third-order valence-corrected chi connectivity index (χ3v) is 14.9. The highest BCUT2D eigenvalue weighted by molar-refractivity contribution is 6.99. The Labute approximate surface area is 403 Å². The third-order valence-electron chi connectivity index (χ3n) is 14.9. The SMILES string of the molecule is CC(C)(C)c1cc(-c2cc3c4c(c2)Oc2ccccc2B4c2ccccc2O3)c2c(c1)c1cc(C(C)(C)C)cc(-c3cc4c5c(c3)Oc3ccccc3B5c3ccccc3O4)c1n2-c1ccccc1. The van der Waals surface area contributed by atoms with Gasteiger partial charge in [0.2, 0.25) is 0 Å². The van der Waals surface area contributed by atoms with Gasteiger partial charge in [0.1, 0.15) is 46.0 Å². The number of para-hydroxylation sites is 5. The molecule has 0 bridgehead atoms. The minimum absolute atomic E-state index is 0.0129. The Bertz CT molecular complexity index is 3470. The number of nitrogens with zero attached hydrogens (tertiary/aromatic N) is 1. The fourth-order valence-electron chi connectivity index (χ4n) is 11.5. The summed E-state index contributed by atoms with van der Waals surface area (Å²) in [6.07, 6.45) is 0. The number of fused-ring (bicyclic) bond motifs is 11. The molecular formula is C62H47B2NO4. The lowest BCUT2D eigenvalue weighted by atomic mass is 9.35. The lowest BCUT2D eigenvalue weighted by molar-refractivity contribution is 0.464. The van der Waals surface area contributed by atoms with Crippen LogP contribution < -0.4 is 51.7 Å². The van der Waals surface area contributed by atoms with Gasteiger partial charge in [-0.15, -0.1) is 0 Å². The Morgan fingerprint density at radius 3 is 1.00 bits per heavy atom. The van der Waals surface area contributed by atoms with Crippen LogP contribution in [0.1, 0.15) is 52.7 Å². The summed E-state index contributed by atoms with van der Waals surface area (Å²) in [5, 5.41) is 2.36. The topological polar surface area (TPSA) is 41.9 Å². The second-order valence-electron chi connectivity index (χ2n) is 21.2. The normalized spacial score (nSPS) is 13.8. The lowest BCUT2D eigenvalue weighted by Gasteiger charge is -2.33. The van der Waals surface area contributed by atoms with Crippen molar-refractivity contribution < 1.29 is 18.9 Å². The van der Waals surface area contributed by atoms with Gasteiger partial charge in [-0.25, -0.2) is 0 Å². The molecule has 330 valence electrons. The van der Waals surface area contributed by atoms with Gasteiger partial charge in [-0.2, -0.15) is 0 Å². The maximum Gasteiger partial charge on any atom is 0.260 e. The number of aromatic nitrogens is 1. The van der Waals surface area contributed by atoms with Crippen molar-refractivity contribution in [2.24, 2.45) is 0 Å². The van der Waals surface area contributed by atoms with Crippen molar-refractivity contribution in [2.45, 2.75) is 52.4 Å². The molecule has 0 unspecified atom stereocenters. The number of benzene rings is 9. The fourth-order valence-corrected chi connectivity index (χ4v) is 11.5. The Kier molecular flexibility index (Phi) is 8.34. The first-order chi connectivity index (χ1) is 33.5. The second kappa shape index (κ2) is 14.3. The second-order valence-corrected chi connectivity index (χ2v) is 21.2. The maximum absolute atomic E-state index is 6.93. The monoisotopic (exact) mass is 891 g/mol. The van der Waals surface area contributed by atoms with E-state index in [2.05, 4.69) is 222 Å². The van der Waals surface area contributed by atoms with Gasteiger partial charge in [-0.3, -0.25) is 0 Å². The molecule has 0 spiro atoms. The van der Waals surface area contributed by atoms with Crippen molar-refractivity contribution in [2.75, 3.05) is 0 Å². The van der Waals surface area contributed by atoms with E-state index in [1.807, 2.05) is 0 Å². The number of hydrogen-bond acceptors (Lipinski definition) is 4. The zero-order valence-electron chi connectivity index (χ0n) is 39.5. The van der Waals surface area contributed by atoms with Gasteiger partial charge >= 0.3 is 0 Å². The van der Waals surface area contributed by atoms with Crippen molar-refractivity contribution >= 4 is 68.0 Å². The predicted octanol–water partition coefficient (Wildman–Crippen LogP) is 12.2. The van der Waals surface area contributed by atoms with Crippen LogP contribution in [0.25, 0.3) is 49.7 Å². The van der Waals surface area contributed by atoms with Crippen LogP contribution in [0, 0.1) is 0 Å². The van der Waals surface area contributed by atoms with E-state index in [1.165, 1.54) is 21.9 Å². The Morgan fingerprint density at radius 2 is 0.667 bits per heavy atom. The van der Waals surface area contributed by atoms with Crippen LogP contribution in [0.3, 0.4) is 0 Å². The van der Waals surface area contributed by atoms with E-state index in [4.69, 9.17) is 18.9 Å². The molecule has 7 heteroatoms. The highest BCUT2D eigenvalue weighted by Gasteiger charge is 2.42. The fraction of sp³-hybridized carbons (Fsp3) is 0.129. The maximum atomic E-state index is 6.93. The van der Waals surface area contributed by atoms with Crippen LogP contribution in [0.15, 0.2) is 176 Å². The zero-order chi connectivity index (χ0) is 46.5. The molecule has 0 radical (unpaired) electrons. The largest absolute Gasteiger partial charge is 0.458 e. The molecule has 0 N–H and O–H groups in total. The van der Waals surface area contributed by atoms with Crippen molar-refractivity contribution in [1.29, 1.82) is 0 Å². The first kappa shape index (κ1) is 40.2. The van der Waals surface area contributed by atoms with E-state index in [0.717, 1.165) is 118 Å². The molecule has 5 heterocycles. The van der Waals surface area contributed by atoms with Crippen LogP contribution in [0.2, 0.25) is 0 Å². The highest BCUT2D eigenvalue weighted by Crippen LogP contribution is 2.49. The molecule has 4 aliphatic rings. The summed E-state index contributed by atoms with van der Waals surface area (Å²) < 4.78 is 30.2. The van der Waals surface area contributed by atoms with Gasteiger partial charge in [0.25, 0.3) is 13.4 Å². The van der Waals surface area contributed by atoms with Crippen LogP contribution in [0.4, 0.5) is 0 Å². The summed E-state index contributed by atoms with van der Waals surface area (Å²) in [6.45, 7) is 13.8. The van der Waals surface area contributed by atoms with Crippen LogP contribution >= 0.6 is 0 Å². The number of hydrogen-bond donors (Lipinski definition) is 0. The van der Waals surface area contributed by atoms with Gasteiger partial charge in [0.15, 0.2) is 0 Å². The van der Waals surface area contributed by atoms with Crippen molar-refractivity contribution in [1.82, 2.24) is 4.57 Å². The van der Waals surface area contributed by atoms with Gasteiger partial charge < -0.3 is 23.5 Å². The Hall–Kier alpha value is -7.89. The molecule has 5 nitrogen and oxygen atoms in total. The van der Waals surface area contributed by atoms with Crippen molar-refractivity contribution in [3.05, 3.63) is 187 Å². The Morgan fingerprint density at radius 1 is 0.348 bits per heavy atom. The summed E-state index contributed by atoms with van der Waals surface area (Å²) in [5.41, 5.74) is 16.4. The molecule has 0 aliphatic carbocycles. The predicted molar refractivity (Wildman–Crippen MR) is 284 cm³/mol. The number of rotatable bonds is 3. The zero-order valence-corrected chi connectivity index (χ0v) is 39.5. The van der Waals surface area contributed by atoms with E-state index >= 15 is 0 Å². The first-order valence-electron chi connectivity index (χ1n) is 24.1. The summed E-state index contributed by atoms with van der Waals surface area (Å²) in [6, 6.07) is 63.3. The van der Waals surface area contributed by atoms with Crippen molar-refractivity contribution in [3.8, 4) is 73.9 Å². The summed E-state index contributed by atoms with van der Waals surface area (Å²) in [7, 11) is 0. The minimum Gasteiger partial charge on any atom is -0.458 e. The molecule has 0 saturated heterocycles. The highest BCUT2D eigenvalue weighted by atomic mass is 16.5. The van der Waals surface area contributed by atoms with E-state index in [-0.39, 0.29) is 24.3 Å². The van der Waals surface area contributed by atoms with Gasteiger partial charge in [-0.1, -0.05) is 133 Å². The van der Waals surface area contributed by atoms with Gasteiger partial charge in [0, 0.05) is 38.5 Å². The van der Waals surface area contributed by atoms with Gasteiger partial charge in [0.05, 0.1) is 11.0 Å². The number of ether oxygens (including phenoxy) is 4. The molecule has 9 aromatic carbocycles. The van der Waals surface area contributed by atoms with Crippen LogP contribution in [-0.4, -0.2) is 18.0 Å². The van der Waals surface area contributed by atoms with E-state index in [0.29, 0.717) is 0 Å². The minimum atomic E-state index is -0.175. The lowest BCUT2D eigenvalue weighted by Crippen LogP contribution is -2.57. The Balaban J connectivity index is 1.09. The standard InChI is InChI=1S/C62H47B2NO4/c1-61(2,3)38-32-41(36-28-53-57-54(29-36)67-50-25-15-11-21-46(50)63(57)45-20-10-14-24-49(45)66-53)59-43(34-38)44-35-39(62(4,5)6)33-42(60(44)65(59)40-18-8-7-9-19-40)37-30-55-58-56(31-37)69-52-27-17-13-23-48(52)64(58)47-22-12-16-26-51(47)68-55/h7-35H,1-6H3. The van der Waals surface area contributed by atoms with Gasteiger partial charge in [-0.05, 0) is 140 Å². The molecule has 0 saturated carbocycles. The summed E-state index contributed by atoms with van der Waals surface area (Å²) in [4.78, 5) is 0. The molecule has 0 amide bonds. The summed E-state index contributed by atoms with van der Waals surface area (Å²) >= 11 is 0. The van der Waals surface area contributed by atoms with Crippen molar-refractivity contribution in [3.63, 3.8) is 0 Å². The molecule has 4 aliphatic heterocycles. The molecule has 0 fully saturated rings. The van der Waals surface area contributed by atoms with Crippen LogP contribution in [0.5, 0.6) is 46.0 Å². The van der Waals surface area contributed by atoms with E-state index < -0.39 is 0 Å². The summed E-state index contributed by atoms with van der Waals surface area (Å²) in [5.74, 6) is 6.76. The average Bonchev–Trinajstić information content (AvgIpc) is 3.69. The van der Waals surface area contributed by atoms with E-state index in [9.17, 15) is 0 Å². The molecule has 10 aromatic rings. The smallest absolute Gasteiger partial charge is 0.260 e. The first-order valence-corrected chi connectivity index (χ1v) is 24.1.